The fraction of sp³-hybridized carbons (Fsp3) is 0.632. The van der Waals surface area contributed by atoms with Crippen LogP contribution in [0.15, 0.2) is 18.2 Å². The molecule has 1 atom stereocenters. The van der Waals surface area contributed by atoms with Gasteiger partial charge in [0, 0.05) is 12.6 Å². The lowest BCUT2D eigenvalue weighted by Gasteiger charge is -2.34. The topological polar surface area (TPSA) is 41.6 Å². The monoisotopic (exact) mass is 316 g/mol. The molecule has 1 aromatic rings. The molecule has 0 unspecified atom stereocenters. The average Bonchev–Trinajstić information content (AvgIpc) is 2.60. The molecule has 23 heavy (non-hydrogen) atoms. The molecule has 4 nitrogen and oxygen atoms in total. The minimum Gasteiger partial charge on any atom is -0.493 e. The van der Waals surface area contributed by atoms with Crippen LogP contribution >= 0.6 is 0 Å². The number of rotatable bonds is 5. The Labute approximate surface area is 139 Å². The van der Waals surface area contributed by atoms with Crippen LogP contribution in [0.25, 0.3) is 0 Å². The molecule has 0 saturated carbocycles. The van der Waals surface area contributed by atoms with E-state index in [-0.39, 0.29) is 5.91 Å². The summed E-state index contributed by atoms with van der Waals surface area (Å²) in [5.74, 6) is 1.14. The summed E-state index contributed by atoms with van der Waals surface area (Å²) >= 11 is 0. The van der Waals surface area contributed by atoms with E-state index in [0.29, 0.717) is 19.1 Å². The third-order valence-corrected chi connectivity index (χ3v) is 5.03. The minimum absolute atomic E-state index is 0.138. The molecule has 0 bridgehead atoms. The molecule has 0 radical (unpaired) electrons. The smallest absolute Gasteiger partial charge is 0.234 e. The molecule has 1 amide bonds. The van der Waals surface area contributed by atoms with Crippen LogP contribution in [-0.2, 0) is 17.8 Å². The lowest BCUT2D eigenvalue weighted by Crippen LogP contribution is -2.45. The number of piperidine rings is 1. The SMILES string of the molecule is CC[C@H]1CCCCN1CC(=O)NCc1ccc2c(c1)CCCO2. The number of nitrogens with one attached hydrogen (secondary N) is 1. The van der Waals surface area contributed by atoms with Crippen LogP contribution in [0.4, 0.5) is 0 Å². The van der Waals surface area contributed by atoms with Gasteiger partial charge in [-0.1, -0.05) is 25.5 Å². The van der Waals surface area contributed by atoms with Gasteiger partial charge in [-0.3, -0.25) is 9.69 Å². The van der Waals surface area contributed by atoms with Gasteiger partial charge in [-0.25, -0.2) is 0 Å². The highest BCUT2D eigenvalue weighted by molar-refractivity contribution is 5.78. The quantitative estimate of drug-likeness (QED) is 0.908. The van der Waals surface area contributed by atoms with Gasteiger partial charge in [-0.2, -0.15) is 0 Å². The molecule has 1 saturated heterocycles. The van der Waals surface area contributed by atoms with Gasteiger partial charge in [-0.05, 0) is 55.8 Å². The number of benzene rings is 1. The summed E-state index contributed by atoms with van der Waals surface area (Å²) < 4.78 is 5.63. The zero-order valence-electron chi connectivity index (χ0n) is 14.1. The Bertz CT molecular complexity index is 544. The zero-order chi connectivity index (χ0) is 16.1. The maximum atomic E-state index is 12.3. The molecule has 2 aliphatic rings. The van der Waals surface area contributed by atoms with E-state index in [9.17, 15) is 4.79 Å². The molecular weight excluding hydrogens is 288 g/mol. The second-order valence-corrected chi connectivity index (χ2v) is 6.70. The van der Waals surface area contributed by atoms with Crippen LogP contribution < -0.4 is 10.1 Å². The van der Waals surface area contributed by atoms with Crippen LogP contribution in [0.2, 0.25) is 0 Å². The Morgan fingerprint density at radius 1 is 1.35 bits per heavy atom. The van der Waals surface area contributed by atoms with Gasteiger partial charge in [-0.15, -0.1) is 0 Å². The lowest BCUT2D eigenvalue weighted by atomic mass is 10.00. The second-order valence-electron chi connectivity index (χ2n) is 6.70. The summed E-state index contributed by atoms with van der Waals surface area (Å²) in [6.45, 7) is 5.24. The number of likely N-dealkylation sites (tertiary alicyclic amines) is 1. The number of hydrogen-bond donors (Lipinski definition) is 1. The van der Waals surface area contributed by atoms with Gasteiger partial charge >= 0.3 is 0 Å². The van der Waals surface area contributed by atoms with E-state index in [2.05, 4.69) is 29.3 Å². The van der Waals surface area contributed by atoms with Crippen molar-refractivity contribution in [3.05, 3.63) is 29.3 Å². The van der Waals surface area contributed by atoms with Crippen molar-refractivity contribution in [3.63, 3.8) is 0 Å². The molecule has 0 spiro atoms. The highest BCUT2D eigenvalue weighted by atomic mass is 16.5. The number of hydrogen-bond acceptors (Lipinski definition) is 3. The van der Waals surface area contributed by atoms with Crippen molar-refractivity contribution in [1.29, 1.82) is 0 Å². The number of amides is 1. The number of carbonyl (C=O) groups excluding carboxylic acids is 1. The van der Waals surface area contributed by atoms with E-state index in [1.165, 1.54) is 24.8 Å². The highest BCUT2D eigenvalue weighted by Crippen LogP contribution is 2.25. The Balaban J connectivity index is 1.50. The largest absolute Gasteiger partial charge is 0.493 e. The number of nitrogens with zero attached hydrogens (tertiary/aromatic N) is 1. The number of aryl methyl sites for hydroxylation is 1. The summed E-state index contributed by atoms with van der Waals surface area (Å²) in [5.41, 5.74) is 2.43. The number of carbonyl (C=O) groups is 1. The fourth-order valence-electron chi connectivity index (χ4n) is 3.70. The summed E-state index contributed by atoms with van der Waals surface area (Å²) in [5, 5.41) is 3.08. The molecular formula is C19H28N2O2. The van der Waals surface area contributed by atoms with E-state index < -0.39 is 0 Å². The molecule has 126 valence electrons. The normalized spacial score (nSPS) is 21.3. The van der Waals surface area contributed by atoms with E-state index in [4.69, 9.17) is 4.74 Å². The van der Waals surface area contributed by atoms with Crippen LogP contribution in [0, 0.1) is 0 Å². The van der Waals surface area contributed by atoms with E-state index >= 15 is 0 Å². The molecule has 0 aromatic heterocycles. The predicted octanol–water partition coefficient (Wildman–Crippen LogP) is 2.89. The zero-order valence-corrected chi connectivity index (χ0v) is 14.1. The molecule has 2 aliphatic heterocycles. The molecule has 1 N–H and O–H groups in total. The van der Waals surface area contributed by atoms with Crippen molar-refractivity contribution < 1.29 is 9.53 Å². The first-order valence-electron chi connectivity index (χ1n) is 9.01. The van der Waals surface area contributed by atoms with Crippen molar-refractivity contribution in [2.24, 2.45) is 0 Å². The van der Waals surface area contributed by atoms with Crippen molar-refractivity contribution in [2.75, 3.05) is 19.7 Å². The van der Waals surface area contributed by atoms with E-state index in [1.54, 1.807) is 0 Å². The summed E-state index contributed by atoms with van der Waals surface area (Å²) in [6.07, 6.45) is 7.04. The summed E-state index contributed by atoms with van der Waals surface area (Å²) in [7, 11) is 0. The van der Waals surface area contributed by atoms with Crippen molar-refractivity contribution in [2.45, 2.75) is 58.0 Å². The van der Waals surface area contributed by atoms with Gasteiger partial charge in [0.25, 0.3) is 0 Å². The van der Waals surface area contributed by atoms with E-state index in [0.717, 1.165) is 43.7 Å². The first-order chi connectivity index (χ1) is 11.3. The van der Waals surface area contributed by atoms with Crippen molar-refractivity contribution >= 4 is 5.91 Å². The van der Waals surface area contributed by atoms with Crippen LogP contribution in [0.1, 0.15) is 50.2 Å². The third kappa shape index (κ3) is 4.25. The number of ether oxygens (including phenoxy) is 1. The maximum absolute atomic E-state index is 12.3. The van der Waals surface area contributed by atoms with E-state index in [1.807, 2.05) is 6.07 Å². The lowest BCUT2D eigenvalue weighted by molar-refractivity contribution is -0.123. The van der Waals surface area contributed by atoms with Gasteiger partial charge in [0.15, 0.2) is 0 Å². The minimum atomic E-state index is 0.138. The van der Waals surface area contributed by atoms with Crippen LogP contribution in [-0.4, -0.2) is 36.5 Å². The van der Waals surface area contributed by atoms with Crippen LogP contribution in [0.3, 0.4) is 0 Å². The Kier molecular flexibility index (Phi) is 5.55. The maximum Gasteiger partial charge on any atom is 0.234 e. The molecule has 3 rings (SSSR count). The number of fused-ring (bicyclic) bond motifs is 1. The van der Waals surface area contributed by atoms with Gasteiger partial charge in [0.1, 0.15) is 5.75 Å². The molecule has 4 heteroatoms. The standard InChI is InChI=1S/C19H28N2O2/c1-2-17-7-3-4-10-21(17)14-19(22)20-13-15-8-9-18-16(12-15)6-5-11-23-18/h8-9,12,17H,2-7,10-11,13-14H2,1H3,(H,20,22)/t17-/m0/s1. The average molecular weight is 316 g/mol. The first kappa shape index (κ1) is 16.3. The predicted molar refractivity (Wildman–Crippen MR) is 91.6 cm³/mol. The Hall–Kier alpha value is -1.55. The Morgan fingerprint density at radius 2 is 2.26 bits per heavy atom. The molecule has 0 aliphatic carbocycles. The van der Waals surface area contributed by atoms with Crippen LogP contribution in [0.5, 0.6) is 5.75 Å². The Morgan fingerprint density at radius 3 is 3.13 bits per heavy atom. The summed E-state index contributed by atoms with van der Waals surface area (Å²) in [6, 6.07) is 6.84. The van der Waals surface area contributed by atoms with Gasteiger partial charge in [0.05, 0.1) is 13.2 Å². The van der Waals surface area contributed by atoms with Gasteiger partial charge in [0.2, 0.25) is 5.91 Å². The van der Waals surface area contributed by atoms with Crippen molar-refractivity contribution in [1.82, 2.24) is 10.2 Å². The highest BCUT2D eigenvalue weighted by Gasteiger charge is 2.22. The molecule has 2 heterocycles. The first-order valence-corrected chi connectivity index (χ1v) is 9.01. The third-order valence-electron chi connectivity index (χ3n) is 5.03. The molecule has 1 fully saturated rings. The summed E-state index contributed by atoms with van der Waals surface area (Å²) in [4.78, 5) is 14.6. The molecule has 1 aromatic carbocycles. The second kappa shape index (κ2) is 7.82. The fourth-order valence-corrected chi connectivity index (χ4v) is 3.70. The van der Waals surface area contributed by atoms with Gasteiger partial charge < -0.3 is 10.1 Å². The van der Waals surface area contributed by atoms with Crippen molar-refractivity contribution in [3.8, 4) is 5.75 Å².